The fourth-order valence-corrected chi connectivity index (χ4v) is 3.53. The summed E-state index contributed by atoms with van der Waals surface area (Å²) in [6, 6.07) is 11.7. The zero-order chi connectivity index (χ0) is 16.0. The molecule has 0 saturated carbocycles. The van der Waals surface area contributed by atoms with E-state index in [9.17, 15) is 4.79 Å². The Hall–Kier alpha value is -2.31. The molecule has 23 heavy (non-hydrogen) atoms. The van der Waals surface area contributed by atoms with Crippen molar-refractivity contribution in [2.24, 2.45) is 5.92 Å². The van der Waals surface area contributed by atoms with E-state index < -0.39 is 0 Å². The first-order valence-electron chi connectivity index (χ1n) is 7.82. The number of nitrogens with zero attached hydrogens (tertiary/aromatic N) is 1. The molecule has 3 atom stereocenters. The lowest BCUT2D eigenvalue weighted by Gasteiger charge is -2.40. The Morgan fingerprint density at radius 1 is 1.22 bits per heavy atom. The average molecular weight is 312 g/mol. The number of furan rings is 1. The molecule has 2 aromatic rings. The first-order valence-corrected chi connectivity index (χ1v) is 7.82. The van der Waals surface area contributed by atoms with Crippen LogP contribution in [0.4, 0.5) is 5.69 Å². The second-order valence-electron chi connectivity index (χ2n) is 6.16. The van der Waals surface area contributed by atoms with Gasteiger partial charge in [-0.1, -0.05) is 12.1 Å². The molecule has 1 aromatic heterocycles. The van der Waals surface area contributed by atoms with Crippen LogP contribution in [0.25, 0.3) is 0 Å². The molecule has 0 radical (unpaired) electrons. The van der Waals surface area contributed by atoms with Crippen LogP contribution in [-0.4, -0.2) is 25.7 Å². The molecule has 3 heterocycles. The summed E-state index contributed by atoms with van der Waals surface area (Å²) in [5.41, 5.74) is 8.15. The molecule has 3 N–H and O–H groups in total. The van der Waals surface area contributed by atoms with Crippen molar-refractivity contribution in [3.63, 3.8) is 0 Å². The molecule has 1 saturated heterocycles. The number of aryl methyl sites for hydroxylation is 1. The van der Waals surface area contributed by atoms with E-state index in [1.54, 1.807) is 0 Å². The highest BCUT2D eigenvalue weighted by atomic mass is 16.3. The Bertz CT molecular complexity index is 742. The normalized spacial score (nSPS) is 27.0. The Labute approximate surface area is 134 Å². The highest BCUT2D eigenvalue weighted by Crippen LogP contribution is 2.34. The maximum atomic E-state index is 12.4. The number of carbonyl (C=O) groups excluding carboxylic acids is 1. The van der Waals surface area contributed by atoms with Crippen LogP contribution in [-0.2, 0) is 0 Å². The second-order valence-corrected chi connectivity index (χ2v) is 6.16. The van der Waals surface area contributed by atoms with Crippen molar-refractivity contribution in [1.29, 1.82) is 0 Å². The standard InChI is InChI=1S/C17H20N4O2/c1-10-7-8-14(23-10)15-12(9-18-20-15)16-19-17(22)11-5-3-4-6-13(11)21(16)2/h3-8,12,15-16,18,20H,9H2,1-2H3,(H,19,22). The highest BCUT2D eigenvalue weighted by molar-refractivity contribution is 6.01. The van der Waals surface area contributed by atoms with Gasteiger partial charge in [0.15, 0.2) is 0 Å². The number of rotatable bonds is 2. The summed E-state index contributed by atoms with van der Waals surface area (Å²) < 4.78 is 5.79. The molecule has 4 rings (SSSR count). The van der Waals surface area contributed by atoms with Crippen molar-refractivity contribution in [2.45, 2.75) is 19.1 Å². The summed E-state index contributed by atoms with van der Waals surface area (Å²) >= 11 is 0. The van der Waals surface area contributed by atoms with Crippen molar-refractivity contribution >= 4 is 11.6 Å². The summed E-state index contributed by atoms with van der Waals surface area (Å²) in [5, 5.41) is 3.14. The molecule has 1 aromatic carbocycles. The third-order valence-corrected chi connectivity index (χ3v) is 4.72. The van der Waals surface area contributed by atoms with Gasteiger partial charge in [0, 0.05) is 19.5 Å². The van der Waals surface area contributed by atoms with Crippen LogP contribution in [0.15, 0.2) is 40.8 Å². The molecule has 3 unspecified atom stereocenters. The van der Waals surface area contributed by atoms with Crippen LogP contribution in [0.1, 0.15) is 27.9 Å². The fourth-order valence-electron chi connectivity index (χ4n) is 3.53. The predicted octanol–water partition coefficient (Wildman–Crippen LogP) is 1.56. The topological polar surface area (TPSA) is 69.5 Å². The van der Waals surface area contributed by atoms with Crippen LogP contribution in [0.5, 0.6) is 0 Å². The van der Waals surface area contributed by atoms with E-state index in [1.165, 1.54) is 0 Å². The summed E-state index contributed by atoms with van der Waals surface area (Å²) in [5.74, 6) is 1.91. The van der Waals surface area contributed by atoms with Crippen molar-refractivity contribution in [2.75, 3.05) is 18.5 Å². The molecule has 6 nitrogen and oxygen atoms in total. The Morgan fingerprint density at radius 2 is 2.04 bits per heavy atom. The third-order valence-electron chi connectivity index (χ3n) is 4.72. The van der Waals surface area contributed by atoms with E-state index in [0.29, 0.717) is 0 Å². The smallest absolute Gasteiger partial charge is 0.254 e. The van der Waals surface area contributed by atoms with E-state index >= 15 is 0 Å². The van der Waals surface area contributed by atoms with E-state index in [1.807, 2.05) is 50.4 Å². The number of fused-ring (bicyclic) bond motifs is 1. The summed E-state index contributed by atoms with van der Waals surface area (Å²) in [4.78, 5) is 14.6. The van der Waals surface area contributed by atoms with Gasteiger partial charge in [0.25, 0.3) is 5.91 Å². The molecule has 2 aliphatic heterocycles. The fraction of sp³-hybridized carbons (Fsp3) is 0.353. The number of hydrazine groups is 1. The predicted molar refractivity (Wildman–Crippen MR) is 86.9 cm³/mol. The third kappa shape index (κ3) is 2.31. The number of benzene rings is 1. The second kappa shape index (κ2) is 5.40. The molecule has 1 amide bonds. The van der Waals surface area contributed by atoms with Crippen LogP contribution < -0.4 is 21.1 Å². The minimum Gasteiger partial charge on any atom is -0.465 e. The minimum absolute atomic E-state index is 0.0155. The van der Waals surface area contributed by atoms with Crippen LogP contribution >= 0.6 is 0 Å². The Morgan fingerprint density at radius 3 is 2.83 bits per heavy atom. The molecule has 6 heteroatoms. The molecule has 1 fully saturated rings. The average Bonchev–Trinajstić information content (AvgIpc) is 3.19. The molecule has 0 bridgehead atoms. The molecular weight excluding hydrogens is 292 g/mol. The number of hydrogen-bond acceptors (Lipinski definition) is 5. The lowest BCUT2D eigenvalue weighted by atomic mass is 9.93. The number of amides is 1. The number of para-hydroxylation sites is 1. The van der Waals surface area contributed by atoms with Gasteiger partial charge in [0.05, 0.1) is 17.3 Å². The SMILES string of the molecule is Cc1ccc(C2NNCC2C2NC(=O)c3ccccc3N2C)o1. The molecule has 2 aliphatic rings. The molecule has 120 valence electrons. The lowest BCUT2D eigenvalue weighted by molar-refractivity contribution is 0.0908. The largest absolute Gasteiger partial charge is 0.465 e. The molecular formula is C17H20N4O2. The van der Waals surface area contributed by atoms with Gasteiger partial charge in [-0.15, -0.1) is 0 Å². The van der Waals surface area contributed by atoms with Gasteiger partial charge in [-0.2, -0.15) is 0 Å². The Balaban J connectivity index is 1.66. The number of carbonyl (C=O) groups is 1. The van der Waals surface area contributed by atoms with Crippen molar-refractivity contribution in [1.82, 2.24) is 16.2 Å². The van der Waals surface area contributed by atoms with Gasteiger partial charge < -0.3 is 14.6 Å². The van der Waals surface area contributed by atoms with E-state index in [4.69, 9.17) is 4.42 Å². The van der Waals surface area contributed by atoms with Gasteiger partial charge in [-0.3, -0.25) is 10.2 Å². The van der Waals surface area contributed by atoms with E-state index in [-0.39, 0.29) is 24.0 Å². The molecule has 0 aliphatic carbocycles. The van der Waals surface area contributed by atoms with Crippen molar-refractivity contribution in [3.05, 3.63) is 53.5 Å². The van der Waals surface area contributed by atoms with Gasteiger partial charge in [-0.25, -0.2) is 5.43 Å². The zero-order valence-corrected chi connectivity index (χ0v) is 13.2. The monoisotopic (exact) mass is 312 g/mol. The van der Waals surface area contributed by atoms with Gasteiger partial charge in [-0.05, 0) is 31.2 Å². The zero-order valence-electron chi connectivity index (χ0n) is 13.2. The van der Waals surface area contributed by atoms with Gasteiger partial charge in [0.1, 0.15) is 17.7 Å². The first kappa shape index (κ1) is 14.3. The highest BCUT2D eigenvalue weighted by Gasteiger charge is 2.41. The van der Waals surface area contributed by atoms with Crippen molar-refractivity contribution < 1.29 is 9.21 Å². The number of anilines is 1. The summed E-state index contributed by atoms with van der Waals surface area (Å²) in [6.07, 6.45) is -0.102. The lowest BCUT2D eigenvalue weighted by Crippen LogP contribution is -2.56. The van der Waals surface area contributed by atoms with Crippen molar-refractivity contribution in [3.8, 4) is 0 Å². The van der Waals surface area contributed by atoms with E-state index in [0.717, 1.165) is 29.3 Å². The maximum Gasteiger partial charge on any atom is 0.254 e. The first-order chi connectivity index (χ1) is 11.1. The number of hydrogen-bond donors (Lipinski definition) is 3. The minimum atomic E-state index is -0.102. The van der Waals surface area contributed by atoms with Crippen LogP contribution in [0.3, 0.4) is 0 Å². The summed E-state index contributed by atoms with van der Waals surface area (Å²) in [7, 11) is 2.02. The maximum absolute atomic E-state index is 12.4. The number of nitrogens with one attached hydrogen (secondary N) is 3. The Kier molecular flexibility index (Phi) is 3.36. The van der Waals surface area contributed by atoms with E-state index in [2.05, 4.69) is 21.1 Å². The van der Waals surface area contributed by atoms with Gasteiger partial charge >= 0.3 is 0 Å². The van der Waals surface area contributed by atoms with Crippen LogP contribution in [0, 0.1) is 12.8 Å². The van der Waals surface area contributed by atoms with Crippen LogP contribution in [0.2, 0.25) is 0 Å². The summed E-state index contributed by atoms with van der Waals surface area (Å²) in [6.45, 7) is 2.69. The molecule has 0 spiro atoms. The van der Waals surface area contributed by atoms with Gasteiger partial charge in [0.2, 0.25) is 0 Å². The quantitative estimate of drug-likeness (QED) is 0.785.